The molecule has 3 aliphatic rings. The molecule has 2 aliphatic heterocycles. The largest absolute Gasteiger partial charge is 0.469 e. The summed E-state index contributed by atoms with van der Waals surface area (Å²) in [6.45, 7) is 2.92. The van der Waals surface area contributed by atoms with Crippen molar-refractivity contribution in [3.05, 3.63) is 35.9 Å². The topological polar surface area (TPSA) is 48.0 Å². The summed E-state index contributed by atoms with van der Waals surface area (Å²) in [5.41, 5.74) is -0.223. The van der Waals surface area contributed by atoms with Gasteiger partial charge in [-0.25, -0.2) is 8.78 Å². The number of halogens is 2. The highest BCUT2D eigenvalue weighted by Crippen LogP contribution is 2.61. The molecule has 2 saturated heterocycles. The number of carbonyl (C=O) groups is 1. The Labute approximate surface area is 183 Å². The first-order chi connectivity index (χ1) is 14.9. The fourth-order valence-electron chi connectivity index (χ4n) is 5.03. The van der Waals surface area contributed by atoms with Crippen LogP contribution in [0.5, 0.6) is 0 Å². The number of alkyl halides is 2. The summed E-state index contributed by atoms with van der Waals surface area (Å²) in [4.78, 5) is 13.6. The van der Waals surface area contributed by atoms with Crippen LogP contribution in [0.2, 0.25) is 0 Å². The van der Waals surface area contributed by atoms with Crippen LogP contribution < -0.4 is 0 Å². The van der Waals surface area contributed by atoms with E-state index in [1.165, 1.54) is 7.11 Å². The summed E-state index contributed by atoms with van der Waals surface area (Å²) in [6.07, 6.45) is 3.88. The van der Waals surface area contributed by atoms with E-state index in [-0.39, 0.29) is 30.5 Å². The van der Waals surface area contributed by atoms with E-state index < -0.39 is 11.3 Å². The third kappa shape index (κ3) is 5.26. The predicted octanol–water partition coefficient (Wildman–Crippen LogP) is 4.05. The van der Waals surface area contributed by atoms with E-state index >= 15 is 0 Å². The maximum Gasteiger partial charge on any atom is 0.305 e. The first-order valence-corrected chi connectivity index (χ1v) is 11.3. The molecule has 2 atom stereocenters. The maximum absolute atomic E-state index is 14.3. The minimum atomic E-state index is -2.65. The molecule has 3 fully saturated rings. The second-order valence-corrected chi connectivity index (χ2v) is 9.60. The van der Waals surface area contributed by atoms with Crippen LogP contribution in [-0.2, 0) is 25.6 Å². The molecule has 2 heterocycles. The van der Waals surface area contributed by atoms with Crippen molar-refractivity contribution in [2.45, 2.75) is 56.7 Å². The van der Waals surface area contributed by atoms with E-state index in [1.54, 1.807) is 0 Å². The molecule has 172 valence electrons. The Bertz CT molecular complexity index is 741. The Kier molecular flexibility index (Phi) is 6.65. The molecule has 1 aliphatic carbocycles. The van der Waals surface area contributed by atoms with Gasteiger partial charge in [-0.2, -0.15) is 0 Å². The number of methoxy groups -OCH3 is 1. The zero-order valence-corrected chi connectivity index (χ0v) is 18.3. The Morgan fingerprint density at radius 2 is 1.90 bits per heavy atom. The van der Waals surface area contributed by atoms with Gasteiger partial charge in [0.1, 0.15) is 0 Å². The molecule has 4 rings (SSSR count). The van der Waals surface area contributed by atoms with Gasteiger partial charge in [0.15, 0.2) is 0 Å². The number of carbonyl (C=O) groups excluding carboxylic acids is 1. The highest BCUT2D eigenvalue weighted by molar-refractivity contribution is 5.69. The van der Waals surface area contributed by atoms with Crippen LogP contribution >= 0.6 is 0 Å². The number of benzene rings is 1. The van der Waals surface area contributed by atoms with Crippen molar-refractivity contribution in [2.75, 3.05) is 40.0 Å². The number of likely N-dealkylation sites (tertiary alicyclic amines) is 1. The molecule has 1 aromatic carbocycles. The second-order valence-electron chi connectivity index (χ2n) is 9.60. The third-order valence-corrected chi connectivity index (χ3v) is 7.31. The lowest BCUT2D eigenvalue weighted by Crippen LogP contribution is -2.50. The van der Waals surface area contributed by atoms with Crippen molar-refractivity contribution in [1.29, 1.82) is 0 Å². The number of hydrogen-bond acceptors (Lipinski definition) is 5. The van der Waals surface area contributed by atoms with E-state index in [9.17, 15) is 13.6 Å². The number of piperidine rings is 1. The molecule has 7 heteroatoms. The van der Waals surface area contributed by atoms with Crippen LogP contribution in [0.15, 0.2) is 30.3 Å². The summed E-state index contributed by atoms with van der Waals surface area (Å²) in [5.74, 6) is -2.63. The van der Waals surface area contributed by atoms with Gasteiger partial charge in [-0.3, -0.25) is 4.79 Å². The van der Waals surface area contributed by atoms with Gasteiger partial charge in [0.05, 0.1) is 44.4 Å². The molecule has 0 aromatic heterocycles. The van der Waals surface area contributed by atoms with Gasteiger partial charge in [0, 0.05) is 26.1 Å². The number of ether oxygens (including phenoxy) is 3. The number of esters is 1. The lowest BCUT2D eigenvalue weighted by Gasteiger charge is -2.46. The Morgan fingerprint density at radius 1 is 1.19 bits per heavy atom. The third-order valence-electron chi connectivity index (χ3n) is 7.31. The van der Waals surface area contributed by atoms with E-state index in [2.05, 4.69) is 4.90 Å². The van der Waals surface area contributed by atoms with Crippen molar-refractivity contribution in [2.24, 2.45) is 11.3 Å². The molecule has 0 amide bonds. The average Bonchev–Trinajstić information content (AvgIpc) is 3.31. The zero-order chi connectivity index (χ0) is 22.0. The second kappa shape index (κ2) is 9.12. The van der Waals surface area contributed by atoms with Crippen LogP contribution in [0.4, 0.5) is 8.78 Å². The Balaban J connectivity index is 1.23. The predicted molar refractivity (Wildman–Crippen MR) is 112 cm³/mol. The highest BCUT2D eigenvalue weighted by Gasteiger charge is 2.71. The average molecular weight is 438 g/mol. The normalized spacial score (nSPS) is 29.6. The van der Waals surface area contributed by atoms with Crippen LogP contribution in [0.3, 0.4) is 0 Å². The quantitative estimate of drug-likeness (QED) is 0.574. The lowest BCUT2D eigenvalue weighted by atomic mass is 9.81. The zero-order valence-electron chi connectivity index (χ0n) is 18.3. The molecule has 1 saturated carbocycles. The number of nitrogens with zero attached hydrogens (tertiary/aromatic N) is 1. The Hall–Kier alpha value is -1.57. The van der Waals surface area contributed by atoms with Crippen molar-refractivity contribution in [3.8, 4) is 0 Å². The van der Waals surface area contributed by atoms with Gasteiger partial charge in [0.2, 0.25) is 0 Å². The molecule has 31 heavy (non-hydrogen) atoms. The summed E-state index contributed by atoms with van der Waals surface area (Å²) < 4.78 is 45.3. The first-order valence-electron chi connectivity index (χ1n) is 11.3. The highest BCUT2D eigenvalue weighted by atomic mass is 19.3. The van der Waals surface area contributed by atoms with E-state index in [0.717, 1.165) is 44.3 Å². The fourth-order valence-corrected chi connectivity index (χ4v) is 5.03. The summed E-state index contributed by atoms with van der Waals surface area (Å²) in [7, 11) is 1.41. The summed E-state index contributed by atoms with van der Waals surface area (Å²) in [5, 5.41) is 0. The molecule has 1 spiro atoms. The van der Waals surface area contributed by atoms with E-state index in [1.807, 2.05) is 30.3 Å². The monoisotopic (exact) mass is 437 g/mol. The van der Waals surface area contributed by atoms with Gasteiger partial charge in [-0.05, 0) is 37.2 Å². The molecule has 5 nitrogen and oxygen atoms in total. The molecular formula is C24H33F2NO4. The molecule has 0 radical (unpaired) electrons. The molecular weight excluding hydrogens is 404 g/mol. The molecule has 0 bridgehead atoms. The van der Waals surface area contributed by atoms with Crippen LogP contribution in [0.25, 0.3) is 0 Å². The fraction of sp³-hybridized carbons (Fsp3) is 0.708. The summed E-state index contributed by atoms with van der Waals surface area (Å²) in [6, 6.07) is 9.67. The van der Waals surface area contributed by atoms with Gasteiger partial charge < -0.3 is 19.1 Å². The minimum absolute atomic E-state index is 0.0856. The van der Waals surface area contributed by atoms with Gasteiger partial charge in [-0.1, -0.05) is 30.3 Å². The van der Waals surface area contributed by atoms with Crippen molar-refractivity contribution in [1.82, 2.24) is 4.90 Å². The van der Waals surface area contributed by atoms with E-state index in [4.69, 9.17) is 14.2 Å². The standard InChI is InChI=1S/C24H33F2NO4/c1-29-21(28)13-20-7-8-23(31-15-20)9-11-27(12-10-23)17-22(16-24(22,25)26)18-30-14-19-5-3-2-4-6-19/h2-6,20H,7-18H2,1H3/t20-,22+/m0/s1. The van der Waals surface area contributed by atoms with Crippen molar-refractivity contribution < 1.29 is 27.8 Å². The lowest BCUT2D eigenvalue weighted by molar-refractivity contribution is -0.151. The van der Waals surface area contributed by atoms with Gasteiger partial charge in [0.25, 0.3) is 5.92 Å². The van der Waals surface area contributed by atoms with Gasteiger partial charge >= 0.3 is 5.97 Å². The van der Waals surface area contributed by atoms with Crippen LogP contribution in [-0.4, -0.2) is 62.4 Å². The molecule has 0 unspecified atom stereocenters. The van der Waals surface area contributed by atoms with Crippen molar-refractivity contribution >= 4 is 5.97 Å². The number of rotatable bonds is 8. The molecule has 0 N–H and O–H groups in total. The first kappa shape index (κ1) is 22.6. The van der Waals surface area contributed by atoms with Gasteiger partial charge in [-0.15, -0.1) is 0 Å². The van der Waals surface area contributed by atoms with Crippen molar-refractivity contribution in [3.63, 3.8) is 0 Å². The summed E-state index contributed by atoms with van der Waals surface area (Å²) >= 11 is 0. The molecule has 1 aromatic rings. The number of hydrogen-bond donors (Lipinski definition) is 0. The van der Waals surface area contributed by atoms with E-state index in [0.29, 0.717) is 26.2 Å². The van der Waals surface area contributed by atoms with Crippen LogP contribution in [0, 0.1) is 11.3 Å². The maximum atomic E-state index is 14.3. The van der Waals surface area contributed by atoms with Crippen LogP contribution in [0.1, 0.15) is 44.1 Å². The SMILES string of the molecule is COC(=O)C[C@@H]1CCC2(CCN(C[C@@]3(COCc4ccccc4)CC3(F)F)CC2)OC1. The Morgan fingerprint density at radius 3 is 2.48 bits per heavy atom. The minimum Gasteiger partial charge on any atom is -0.469 e. The smallest absolute Gasteiger partial charge is 0.305 e.